The van der Waals surface area contributed by atoms with Crippen molar-refractivity contribution in [3.63, 3.8) is 0 Å². The monoisotopic (exact) mass is 260 g/mol. The molecule has 3 nitrogen and oxygen atoms in total. The van der Waals surface area contributed by atoms with E-state index in [9.17, 15) is 4.79 Å². The second-order valence-corrected chi connectivity index (χ2v) is 6.57. The van der Waals surface area contributed by atoms with E-state index in [0.29, 0.717) is 0 Å². The van der Waals surface area contributed by atoms with Crippen LogP contribution in [-0.4, -0.2) is 17.0 Å². The van der Waals surface area contributed by atoms with E-state index >= 15 is 0 Å². The maximum atomic E-state index is 12.3. The molecule has 0 saturated heterocycles. The normalized spacial score (nSPS) is 30.9. The molecule has 1 aliphatic carbocycles. The van der Waals surface area contributed by atoms with Gasteiger partial charge >= 0.3 is 0 Å². The lowest BCUT2D eigenvalue weighted by Crippen LogP contribution is -2.56. The van der Waals surface area contributed by atoms with Crippen molar-refractivity contribution in [1.29, 1.82) is 0 Å². The highest BCUT2D eigenvalue weighted by Gasteiger charge is 2.37. The zero-order valence-electron chi connectivity index (χ0n) is 12.1. The molecule has 0 spiro atoms. The summed E-state index contributed by atoms with van der Waals surface area (Å²) in [6.07, 6.45) is 3.93. The van der Waals surface area contributed by atoms with E-state index in [2.05, 4.69) is 19.2 Å². The van der Waals surface area contributed by atoms with Crippen LogP contribution in [-0.2, 0) is 0 Å². The third-order valence-corrected chi connectivity index (χ3v) is 3.97. The Morgan fingerprint density at radius 2 is 2.05 bits per heavy atom. The van der Waals surface area contributed by atoms with Gasteiger partial charge in [0, 0.05) is 16.6 Å². The summed E-state index contributed by atoms with van der Waals surface area (Å²) in [7, 11) is 0. The zero-order valence-corrected chi connectivity index (χ0v) is 12.1. The number of hydrogen-bond acceptors (Lipinski definition) is 2. The Morgan fingerprint density at radius 3 is 2.68 bits per heavy atom. The van der Waals surface area contributed by atoms with E-state index in [0.717, 1.165) is 36.8 Å². The Morgan fingerprint density at radius 1 is 1.32 bits per heavy atom. The van der Waals surface area contributed by atoms with Crippen LogP contribution in [0.15, 0.2) is 24.3 Å². The van der Waals surface area contributed by atoms with Crippen molar-refractivity contribution in [3.8, 4) is 0 Å². The molecule has 0 bridgehead atoms. The van der Waals surface area contributed by atoms with Gasteiger partial charge in [0.15, 0.2) is 0 Å². The number of hydrogen-bond donors (Lipinski definition) is 2. The predicted octanol–water partition coefficient (Wildman–Crippen LogP) is 2.77. The van der Waals surface area contributed by atoms with E-state index < -0.39 is 0 Å². The molecule has 2 atom stereocenters. The van der Waals surface area contributed by atoms with Crippen LogP contribution in [0.2, 0.25) is 0 Å². The fraction of sp³-hybridized carbons (Fsp3) is 0.562. The summed E-state index contributed by atoms with van der Waals surface area (Å²) in [4.78, 5) is 12.3. The molecule has 19 heavy (non-hydrogen) atoms. The number of nitrogens with one attached hydrogen (secondary N) is 1. The van der Waals surface area contributed by atoms with Crippen molar-refractivity contribution >= 4 is 5.91 Å². The lowest BCUT2D eigenvalue weighted by molar-refractivity contribution is 0.0852. The van der Waals surface area contributed by atoms with E-state index in [1.165, 1.54) is 0 Å². The van der Waals surface area contributed by atoms with Crippen molar-refractivity contribution in [2.45, 2.75) is 57.5 Å². The Labute approximate surface area is 115 Å². The molecule has 3 heteroatoms. The molecule has 0 aromatic heterocycles. The Balaban J connectivity index is 2.10. The lowest BCUT2D eigenvalue weighted by Gasteiger charge is -2.43. The summed E-state index contributed by atoms with van der Waals surface area (Å²) in [5.74, 6) is 0.00361. The molecule has 1 saturated carbocycles. The van der Waals surface area contributed by atoms with Crippen LogP contribution >= 0.6 is 0 Å². The van der Waals surface area contributed by atoms with Crippen molar-refractivity contribution in [1.82, 2.24) is 5.32 Å². The fourth-order valence-electron chi connectivity index (χ4n) is 3.19. The van der Waals surface area contributed by atoms with Crippen LogP contribution in [0.25, 0.3) is 0 Å². The van der Waals surface area contributed by atoms with Gasteiger partial charge in [-0.3, -0.25) is 4.79 Å². The van der Waals surface area contributed by atoms with Crippen molar-refractivity contribution in [2.24, 2.45) is 5.73 Å². The van der Waals surface area contributed by atoms with Gasteiger partial charge in [-0.25, -0.2) is 0 Å². The summed E-state index contributed by atoms with van der Waals surface area (Å²) in [6.45, 7) is 6.17. The maximum absolute atomic E-state index is 12.3. The lowest BCUT2D eigenvalue weighted by atomic mass is 9.73. The molecule has 2 rings (SSSR count). The van der Waals surface area contributed by atoms with Crippen LogP contribution < -0.4 is 11.1 Å². The number of benzene rings is 1. The molecule has 0 radical (unpaired) electrons. The van der Waals surface area contributed by atoms with Crippen LogP contribution in [0.1, 0.15) is 55.5 Å². The SMILES string of the molecule is Cc1cccc(C(=O)NC2(C)CCCC(C)(N)C2)c1. The molecule has 1 fully saturated rings. The van der Waals surface area contributed by atoms with Crippen LogP contribution in [0.4, 0.5) is 0 Å². The number of nitrogens with two attached hydrogens (primary N) is 1. The number of aryl methyl sites for hydroxylation is 1. The van der Waals surface area contributed by atoms with Crippen molar-refractivity contribution < 1.29 is 4.79 Å². The highest BCUT2D eigenvalue weighted by Crippen LogP contribution is 2.33. The number of rotatable bonds is 2. The minimum absolute atomic E-state index is 0.00361. The molecule has 1 aromatic rings. The van der Waals surface area contributed by atoms with Gasteiger partial charge in [-0.2, -0.15) is 0 Å². The van der Waals surface area contributed by atoms with E-state index in [-0.39, 0.29) is 17.0 Å². The van der Waals surface area contributed by atoms with Crippen molar-refractivity contribution in [3.05, 3.63) is 35.4 Å². The first-order valence-corrected chi connectivity index (χ1v) is 6.98. The Hall–Kier alpha value is -1.35. The molecule has 104 valence electrons. The average molecular weight is 260 g/mol. The third kappa shape index (κ3) is 3.57. The first kappa shape index (κ1) is 14.1. The van der Waals surface area contributed by atoms with Gasteiger partial charge in [0.1, 0.15) is 0 Å². The number of amides is 1. The summed E-state index contributed by atoms with van der Waals surface area (Å²) < 4.78 is 0. The van der Waals surface area contributed by atoms with Gasteiger partial charge in [0.2, 0.25) is 0 Å². The second-order valence-electron chi connectivity index (χ2n) is 6.57. The quantitative estimate of drug-likeness (QED) is 0.859. The molecule has 0 aliphatic heterocycles. The molecule has 1 aliphatic rings. The topological polar surface area (TPSA) is 55.1 Å². The van der Waals surface area contributed by atoms with Crippen LogP contribution in [0.5, 0.6) is 0 Å². The molecule has 1 aromatic carbocycles. The van der Waals surface area contributed by atoms with Crippen LogP contribution in [0, 0.1) is 6.92 Å². The van der Waals surface area contributed by atoms with Gasteiger partial charge in [-0.05, 0) is 58.6 Å². The van der Waals surface area contributed by atoms with E-state index in [1.54, 1.807) is 0 Å². The van der Waals surface area contributed by atoms with Crippen LogP contribution in [0.3, 0.4) is 0 Å². The van der Waals surface area contributed by atoms with E-state index in [4.69, 9.17) is 5.73 Å². The Bertz CT molecular complexity index is 481. The first-order chi connectivity index (χ1) is 8.80. The summed E-state index contributed by atoms with van der Waals surface area (Å²) in [5.41, 5.74) is 7.70. The van der Waals surface area contributed by atoms with Gasteiger partial charge in [-0.15, -0.1) is 0 Å². The summed E-state index contributed by atoms with van der Waals surface area (Å²) >= 11 is 0. The van der Waals surface area contributed by atoms with Crippen molar-refractivity contribution in [2.75, 3.05) is 0 Å². The third-order valence-electron chi connectivity index (χ3n) is 3.97. The summed E-state index contributed by atoms with van der Waals surface area (Å²) in [5, 5.41) is 3.18. The average Bonchev–Trinajstić information content (AvgIpc) is 2.26. The van der Waals surface area contributed by atoms with Gasteiger partial charge in [-0.1, -0.05) is 17.7 Å². The van der Waals surface area contributed by atoms with Gasteiger partial charge < -0.3 is 11.1 Å². The molecular formula is C16H24N2O. The predicted molar refractivity (Wildman–Crippen MR) is 78.1 cm³/mol. The fourth-order valence-corrected chi connectivity index (χ4v) is 3.19. The minimum atomic E-state index is -0.192. The number of carbonyl (C=O) groups excluding carboxylic acids is 1. The highest BCUT2D eigenvalue weighted by atomic mass is 16.1. The smallest absolute Gasteiger partial charge is 0.251 e. The Kier molecular flexibility index (Phi) is 3.68. The summed E-state index contributed by atoms with van der Waals surface area (Å²) in [6, 6.07) is 7.69. The van der Waals surface area contributed by atoms with E-state index in [1.807, 2.05) is 31.2 Å². The zero-order chi connectivity index (χ0) is 14.1. The molecule has 1 amide bonds. The first-order valence-electron chi connectivity index (χ1n) is 6.98. The van der Waals surface area contributed by atoms with Gasteiger partial charge in [0.25, 0.3) is 5.91 Å². The second kappa shape index (κ2) is 4.97. The number of carbonyl (C=O) groups is 1. The van der Waals surface area contributed by atoms with Gasteiger partial charge in [0.05, 0.1) is 0 Å². The molecule has 3 N–H and O–H groups in total. The minimum Gasteiger partial charge on any atom is -0.347 e. The molecule has 2 unspecified atom stereocenters. The standard InChI is InChI=1S/C16H24N2O/c1-12-6-4-7-13(10-12)14(19)18-16(3)9-5-8-15(2,17)11-16/h4,6-7,10H,5,8-9,11,17H2,1-3H3,(H,18,19). The molecule has 0 heterocycles. The largest absolute Gasteiger partial charge is 0.347 e. The highest BCUT2D eigenvalue weighted by molar-refractivity contribution is 5.94. The maximum Gasteiger partial charge on any atom is 0.251 e. The molecular weight excluding hydrogens is 236 g/mol.